The summed E-state index contributed by atoms with van der Waals surface area (Å²) in [6, 6.07) is 17.0. The van der Waals surface area contributed by atoms with Gasteiger partial charge in [0.2, 0.25) is 5.91 Å². The van der Waals surface area contributed by atoms with E-state index in [2.05, 4.69) is 10.6 Å². The minimum atomic E-state index is -1.07. The smallest absolute Gasteiger partial charge is 0.326 e. The molecule has 6 nitrogen and oxygen atoms in total. The third-order valence-corrected chi connectivity index (χ3v) is 3.82. The quantitative estimate of drug-likeness (QED) is 0.600. The van der Waals surface area contributed by atoms with Crippen molar-refractivity contribution < 1.29 is 19.5 Å². The van der Waals surface area contributed by atoms with Crippen molar-refractivity contribution in [1.29, 1.82) is 0 Å². The molecule has 6 heteroatoms. The molecule has 3 N–H and O–H groups in total. The average molecular weight is 354 g/mol. The molecule has 0 heterocycles. The first-order valence-corrected chi connectivity index (χ1v) is 8.45. The zero-order chi connectivity index (χ0) is 18.8. The molecule has 0 fully saturated rings. The Labute approximate surface area is 152 Å². The number of nitrogens with one attached hydrogen (secondary N) is 2. The van der Waals surface area contributed by atoms with Crippen LogP contribution in [0.1, 0.15) is 28.8 Å². The third-order valence-electron chi connectivity index (χ3n) is 3.82. The number of carbonyl (C=O) groups is 3. The van der Waals surface area contributed by atoms with Gasteiger partial charge in [0.05, 0.1) is 0 Å². The highest BCUT2D eigenvalue weighted by atomic mass is 16.4. The van der Waals surface area contributed by atoms with Gasteiger partial charge >= 0.3 is 5.97 Å². The van der Waals surface area contributed by atoms with E-state index < -0.39 is 12.0 Å². The highest BCUT2D eigenvalue weighted by molar-refractivity contribution is 5.94. The summed E-state index contributed by atoms with van der Waals surface area (Å²) < 4.78 is 0. The first-order chi connectivity index (χ1) is 12.6. The molecule has 0 saturated heterocycles. The number of aliphatic carboxylic acids is 1. The highest BCUT2D eigenvalue weighted by Crippen LogP contribution is 2.04. The van der Waals surface area contributed by atoms with Gasteiger partial charge in [-0.3, -0.25) is 9.59 Å². The van der Waals surface area contributed by atoms with Gasteiger partial charge in [0.15, 0.2) is 0 Å². The van der Waals surface area contributed by atoms with Gasteiger partial charge in [0.1, 0.15) is 6.04 Å². The summed E-state index contributed by atoms with van der Waals surface area (Å²) in [6.45, 7) is 0.345. The Bertz CT molecular complexity index is 732. The van der Waals surface area contributed by atoms with Crippen LogP contribution in [0.2, 0.25) is 0 Å². The lowest BCUT2D eigenvalue weighted by molar-refractivity contribution is -0.141. The van der Waals surface area contributed by atoms with Gasteiger partial charge < -0.3 is 15.7 Å². The molecule has 2 rings (SSSR count). The number of amides is 2. The molecule has 0 unspecified atom stereocenters. The van der Waals surface area contributed by atoms with E-state index in [0.29, 0.717) is 18.5 Å². The van der Waals surface area contributed by atoms with Crippen molar-refractivity contribution in [3.8, 4) is 0 Å². The van der Waals surface area contributed by atoms with Crippen LogP contribution in [0.3, 0.4) is 0 Å². The molecule has 2 amide bonds. The molecule has 0 saturated carbocycles. The Hall–Kier alpha value is -3.15. The topological polar surface area (TPSA) is 95.5 Å². The number of rotatable bonds is 9. The highest BCUT2D eigenvalue weighted by Gasteiger charge is 2.20. The van der Waals surface area contributed by atoms with Gasteiger partial charge in [0, 0.05) is 24.9 Å². The summed E-state index contributed by atoms with van der Waals surface area (Å²) in [5, 5.41) is 14.6. The van der Waals surface area contributed by atoms with Gasteiger partial charge in [-0.05, 0) is 24.1 Å². The van der Waals surface area contributed by atoms with Crippen molar-refractivity contribution >= 4 is 17.8 Å². The summed E-state index contributed by atoms with van der Waals surface area (Å²) in [5.74, 6) is -1.61. The van der Waals surface area contributed by atoms with Crippen LogP contribution in [0.15, 0.2) is 60.7 Å². The van der Waals surface area contributed by atoms with Crippen molar-refractivity contribution in [2.45, 2.75) is 25.3 Å². The number of carboxylic acids is 1. The van der Waals surface area contributed by atoms with Gasteiger partial charge in [-0.1, -0.05) is 48.5 Å². The van der Waals surface area contributed by atoms with Gasteiger partial charge in [-0.25, -0.2) is 4.79 Å². The van der Waals surface area contributed by atoms with E-state index in [-0.39, 0.29) is 24.7 Å². The molecule has 2 aromatic carbocycles. The lowest BCUT2D eigenvalue weighted by Gasteiger charge is -2.14. The molecule has 0 radical (unpaired) electrons. The van der Waals surface area contributed by atoms with Crippen molar-refractivity contribution in [2.75, 3.05) is 6.54 Å². The van der Waals surface area contributed by atoms with Crippen molar-refractivity contribution in [1.82, 2.24) is 10.6 Å². The summed E-state index contributed by atoms with van der Waals surface area (Å²) in [7, 11) is 0. The normalized spacial score (nSPS) is 11.4. The van der Waals surface area contributed by atoms with Crippen LogP contribution in [0.5, 0.6) is 0 Å². The van der Waals surface area contributed by atoms with E-state index in [9.17, 15) is 19.5 Å². The zero-order valence-electron chi connectivity index (χ0n) is 14.4. The number of benzene rings is 2. The first kappa shape index (κ1) is 19.2. The molecule has 0 aliphatic carbocycles. The predicted molar refractivity (Wildman–Crippen MR) is 97.7 cm³/mol. The Balaban J connectivity index is 1.72. The second-order valence-electron chi connectivity index (χ2n) is 5.87. The minimum absolute atomic E-state index is 0.146. The fraction of sp³-hybridized carbons (Fsp3) is 0.250. The van der Waals surface area contributed by atoms with E-state index in [1.165, 1.54) is 0 Å². The molecule has 2 aromatic rings. The Morgan fingerprint density at radius 1 is 0.923 bits per heavy atom. The van der Waals surface area contributed by atoms with Crippen molar-refractivity contribution in [3.63, 3.8) is 0 Å². The van der Waals surface area contributed by atoms with Gasteiger partial charge in [-0.15, -0.1) is 0 Å². The number of carboxylic acid groups (broad SMARTS) is 1. The monoisotopic (exact) mass is 354 g/mol. The molecule has 26 heavy (non-hydrogen) atoms. The maximum Gasteiger partial charge on any atom is 0.326 e. The average Bonchev–Trinajstić information content (AvgIpc) is 2.66. The lowest BCUT2D eigenvalue weighted by atomic mass is 10.1. The van der Waals surface area contributed by atoms with Crippen LogP contribution in [0, 0.1) is 0 Å². The molecule has 0 bridgehead atoms. The second-order valence-corrected chi connectivity index (χ2v) is 5.87. The van der Waals surface area contributed by atoms with E-state index in [1.54, 1.807) is 24.3 Å². The summed E-state index contributed by atoms with van der Waals surface area (Å²) in [4.78, 5) is 35.2. The fourth-order valence-electron chi connectivity index (χ4n) is 2.46. The molecule has 136 valence electrons. The molecule has 0 aromatic heterocycles. The maximum absolute atomic E-state index is 12.0. The van der Waals surface area contributed by atoms with Crippen LogP contribution in [-0.4, -0.2) is 35.5 Å². The molecule has 0 spiro atoms. The minimum Gasteiger partial charge on any atom is -0.480 e. The van der Waals surface area contributed by atoms with E-state index in [4.69, 9.17) is 0 Å². The Morgan fingerprint density at radius 2 is 1.54 bits per heavy atom. The summed E-state index contributed by atoms with van der Waals surface area (Å²) in [5.41, 5.74) is 1.40. The molecule has 1 atom stereocenters. The molecular weight excluding hydrogens is 332 g/mol. The van der Waals surface area contributed by atoms with E-state index >= 15 is 0 Å². The Morgan fingerprint density at radius 3 is 2.15 bits per heavy atom. The second kappa shape index (κ2) is 9.98. The fourth-order valence-corrected chi connectivity index (χ4v) is 2.46. The summed E-state index contributed by atoms with van der Waals surface area (Å²) >= 11 is 0. The van der Waals surface area contributed by atoms with Crippen molar-refractivity contribution in [3.05, 3.63) is 71.8 Å². The SMILES string of the molecule is O=C(CCCNC(=O)c1ccccc1)N[C@@H](Cc1ccccc1)C(=O)O. The molecular formula is C20H22N2O4. The number of hydrogen-bond donors (Lipinski definition) is 3. The van der Waals surface area contributed by atoms with E-state index in [0.717, 1.165) is 5.56 Å². The molecule has 0 aliphatic heterocycles. The Kier molecular flexibility index (Phi) is 7.36. The molecule has 0 aliphatic rings. The summed E-state index contributed by atoms with van der Waals surface area (Å²) in [6.07, 6.45) is 0.808. The van der Waals surface area contributed by atoms with E-state index in [1.807, 2.05) is 36.4 Å². The third kappa shape index (κ3) is 6.39. The maximum atomic E-state index is 12.0. The van der Waals surface area contributed by atoms with Gasteiger partial charge in [-0.2, -0.15) is 0 Å². The van der Waals surface area contributed by atoms with Crippen molar-refractivity contribution in [2.24, 2.45) is 0 Å². The van der Waals surface area contributed by atoms with Crippen LogP contribution >= 0.6 is 0 Å². The zero-order valence-corrected chi connectivity index (χ0v) is 14.4. The first-order valence-electron chi connectivity index (χ1n) is 8.45. The number of hydrogen-bond acceptors (Lipinski definition) is 3. The van der Waals surface area contributed by atoms with Gasteiger partial charge in [0.25, 0.3) is 5.91 Å². The lowest BCUT2D eigenvalue weighted by Crippen LogP contribution is -2.42. The largest absolute Gasteiger partial charge is 0.480 e. The van der Waals surface area contributed by atoms with Crippen LogP contribution in [0.4, 0.5) is 0 Å². The standard InChI is InChI=1S/C20H22N2O4/c23-18(12-7-13-21-19(24)16-10-5-2-6-11-16)22-17(20(25)26)14-15-8-3-1-4-9-15/h1-6,8-11,17H,7,12-14H2,(H,21,24)(H,22,23)(H,25,26)/t17-/m0/s1. The van der Waals surface area contributed by atoms with Crippen LogP contribution < -0.4 is 10.6 Å². The van der Waals surface area contributed by atoms with Crippen LogP contribution in [0.25, 0.3) is 0 Å². The number of carbonyl (C=O) groups excluding carboxylic acids is 2. The van der Waals surface area contributed by atoms with Crippen LogP contribution in [-0.2, 0) is 16.0 Å². The predicted octanol–water partition coefficient (Wildman–Crippen LogP) is 2.01.